The molecule has 0 saturated heterocycles. The molecule has 0 radical (unpaired) electrons. The molecule has 4 heteroatoms. The topological polar surface area (TPSA) is 55.0 Å². The van der Waals surface area contributed by atoms with E-state index in [4.69, 9.17) is 4.74 Å². The Morgan fingerprint density at radius 3 is 2.42 bits per heavy atom. The van der Waals surface area contributed by atoms with E-state index < -0.39 is 0 Å². The van der Waals surface area contributed by atoms with Crippen LogP contribution in [0.3, 0.4) is 0 Å². The first-order chi connectivity index (χ1) is 11.6. The third-order valence-electron chi connectivity index (χ3n) is 4.44. The highest BCUT2D eigenvalue weighted by Crippen LogP contribution is 2.46. The lowest BCUT2D eigenvalue weighted by atomic mass is 9.85. The van der Waals surface area contributed by atoms with Crippen molar-refractivity contribution in [3.05, 3.63) is 93.0 Å². The van der Waals surface area contributed by atoms with Gasteiger partial charge in [0.25, 0.3) is 5.56 Å². The number of hydrogen-bond acceptors (Lipinski definition) is 3. The molecule has 1 aliphatic rings. The molecule has 2 aromatic carbocycles. The lowest BCUT2D eigenvalue weighted by molar-refractivity contribution is 0.215. The Morgan fingerprint density at radius 2 is 1.71 bits per heavy atom. The van der Waals surface area contributed by atoms with Gasteiger partial charge in [-0.25, -0.2) is 4.98 Å². The van der Waals surface area contributed by atoms with Crippen LogP contribution in [0, 0.1) is 13.8 Å². The number of hydrogen-bond donors (Lipinski definition) is 1. The van der Waals surface area contributed by atoms with E-state index in [2.05, 4.69) is 42.0 Å². The van der Waals surface area contributed by atoms with Gasteiger partial charge in [-0.15, -0.1) is 0 Å². The molecule has 0 fully saturated rings. The molecule has 0 aliphatic carbocycles. The van der Waals surface area contributed by atoms with Crippen LogP contribution in [0.2, 0.25) is 0 Å². The Morgan fingerprint density at radius 1 is 1.00 bits per heavy atom. The minimum Gasteiger partial charge on any atom is -0.468 e. The predicted molar refractivity (Wildman–Crippen MR) is 92.4 cm³/mol. The van der Waals surface area contributed by atoms with Crippen LogP contribution in [0.4, 0.5) is 0 Å². The summed E-state index contributed by atoms with van der Waals surface area (Å²) in [6.45, 7) is 4.14. The summed E-state index contributed by atoms with van der Waals surface area (Å²) in [7, 11) is 0. The van der Waals surface area contributed by atoms with Crippen LogP contribution in [0.1, 0.15) is 39.8 Å². The predicted octanol–water partition coefficient (Wildman–Crippen LogP) is 3.65. The molecule has 4 rings (SSSR count). The number of aromatic amines is 1. The van der Waals surface area contributed by atoms with E-state index in [1.54, 1.807) is 0 Å². The molecule has 1 N–H and O–H groups in total. The van der Waals surface area contributed by atoms with Gasteiger partial charge in [0, 0.05) is 0 Å². The highest BCUT2D eigenvalue weighted by atomic mass is 16.5. The van der Waals surface area contributed by atoms with Gasteiger partial charge in [0.05, 0.1) is 17.8 Å². The summed E-state index contributed by atoms with van der Waals surface area (Å²) in [4.78, 5) is 19.3. The number of rotatable bonds is 2. The molecule has 3 aromatic rings. The van der Waals surface area contributed by atoms with Crippen molar-refractivity contribution in [1.29, 1.82) is 0 Å². The molecule has 0 spiro atoms. The van der Waals surface area contributed by atoms with Crippen molar-refractivity contribution in [1.82, 2.24) is 9.97 Å². The molecular weight excluding hydrogens is 300 g/mol. The molecule has 2 heterocycles. The fourth-order valence-electron chi connectivity index (χ4n) is 3.54. The van der Waals surface area contributed by atoms with Gasteiger partial charge in [0.1, 0.15) is 6.10 Å². The maximum atomic E-state index is 12.4. The molecule has 4 nitrogen and oxygen atoms in total. The maximum Gasteiger partial charge on any atom is 0.258 e. The van der Waals surface area contributed by atoms with Gasteiger partial charge in [0.15, 0.2) is 0 Å². The van der Waals surface area contributed by atoms with Gasteiger partial charge >= 0.3 is 0 Å². The lowest BCUT2D eigenvalue weighted by Crippen LogP contribution is -2.17. The zero-order valence-electron chi connectivity index (χ0n) is 13.6. The summed E-state index contributed by atoms with van der Waals surface area (Å²) < 4.78 is 6.12. The zero-order valence-corrected chi connectivity index (χ0v) is 13.6. The van der Waals surface area contributed by atoms with Crippen molar-refractivity contribution >= 4 is 0 Å². The highest BCUT2D eigenvalue weighted by Gasteiger charge is 2.40. The first-order valence-electron chi connectivity index (χ1n) is 8.01. The molecule has 1 aliphatic heterocycles. The van der Waals surface area contributed by atoms with Gasteiger partial charge in [-0.3, -0.25) is 4.79 Å². The molecule has 2 atom stereocenters. The van der Waals surface area contributed by atoms with E-state index in [1.807, 2.05) is 30.3 Å². The molecule has 0 amide bonds. The summed E-state index contributed by atoms with van der Waals surface area (Å²) in [6.07, 6.45) is 1.14. The van der Waals surface area contributed by atoms with Crippen LogP contribution < -0.4 is 10.3 Å². The first-order valence-corrected chi connectivity index (χ1v) is 8.01. The van der Waals surface area contributed by atoms with Crippen molar-refractivity contribution < 1.29 is 4.74 Å². The van der Waals surface area contributed by atoms with E-state index in [0.29, 0.717) is 11.4 Å². The standard InChI is InChI=1S/C20H18N2O2/c1-12-8-13(2)10-15(9-12)18-16(14-6-4-3-5-7-14)17-19(23)21-11-22-20(17)24-18/h3-11,16,18H,1-2H3,(H,21,22,23). The maximum absolute atomic E-state index is 12.4. The molecule has 1 aromatic heterocycles. The van der Waals surface area contributed by atoms with Crippen LogP contribution >= 0.6 is 0 Å². The molecule has 0 saturated carbocycles. The quantitative estimate of drug-likeness (QED) is 0.784. The van der Waals surface area contributed by atoms with Gasteiger partial charge < -0.3 is 9.72 Å². The summed E-state index contributed by atoms with van der Waals surface area (Å²) in [5.74, 6) is 0.261. The number of aryl methyl sites for hydroxylation is 2. The largest absolute Gasteiger partial charge is 0.468 e. The molecule has 120 valence electrons. The summed E-state index contributed by atoms with van der Waals surface area (Å²) in [5.41, 5.74) is 4.95. The molecular formula is C20H18N2O2. The van der Waals surface area contributed by atoms with Gasteiger partial charge in [-0.05, 0) is 25.0 Å². The van der Waals surface area contributed by atoms with Crippen LogP contribution in [0.25, 0.3) is 0 Å². The number of benzene rings is 2. The summed E-state index contributed by atoms with van der Waals surface area (Å²) >= 11 is 0. The van der Waals surface area contributed by atoms with E-state index in [-0.39, 0.29) is 17.6 Å². The Kier molecular flexibility index (Phi) is 3.45. The van der Waals surface area contributed by atoms with Crippen molar-refractivity contribution in [2.45, 2.75) is 25.9 Å². The molecule has 2 unspecified atom stereocenters. The molecule has 24 heavy (non-hydrogen) atoms. The fraction of sp³-hybridized carbons (Fsp3) is 0.200. The Labute approximate surface area is 140 Å². The number of fused-ring (bicyclic) bond motifs is 1. The normalized spacial score (nSPS) is 18.9. The van der Waals surface area contributed by atoms with Crippen LogP contribution in [-0.2, 0) is 0 Å². The van der Waals surface area contributed by atoms with Crippen molar-refractivity contribution in [2.75, 3.05) is 0 Å². The average molecular weight is 318 g/mol. The number of nitrogens with zero attached hydrogens (tertiary/aromatic N) is 1. The van der Waals surface area contributed by atoms with Crippen LogP contribution in [0.15, 0.2) is 59.7 Å². The zero-order chi connectivity index (χ0) is 16.7. The SMILES string of the molecule is Cc1cc(C)cc(C2Oc3nc[nH]c(=O)c3C2c2ccccc2)c1. The number of aromatic nitrogens is 2. The number of H-pyrrole nitrogens is 1. The Hall–Kier alpha value is -2.88. The highest BCUT2D eigenvalue weighted by molar-refractivity contribution is 5.45. The second kappa shape index (κ2) is 5.64. The minimum atomic E-state index is -0.253. The van der Waals surface area contributed by atoms with Crippen molar-refractivity contribution in [2.24, 2.45) is 0 Å². The third kappa shape index (κ3) is 2.40. The van der Waals surface area contributed by atoms with Crippen LogP contribution in [-0.4, -0.2) is 9.97 Å². The Bertz CT molecular complexity index is 927. The Balaban J connectivity index is 1.91. The van der Waals surface area contributed by atoms with Crippen molar-refractivity contribution in [3.8, 4) is 5.88 Å². The van der Waals surface area contributed by atoms with Crippen molar-refractivity contribution in [3.63, 3.8) is 0 Å². The second-order valence-corrected chi connectivity index (χ2v) is 6.30. The molecule has 0 bridgehead atoms. The van der Waals surface area contributed by atoms with Gasteiger partial charge in [-0.2, -0.15) is 0 Å². The number of ether oxygens (including phenoxy) is 1. The fourth-order valence-corrected chi connectivity index (χ4v) is 3.54. The van der Waals surface area contributed by atoms with Gasteiger partial charge in [-0.1, -0.05) is 59.7 Å². The average Bonchev–Trinajstić information content (AvgIpc) is 2.96. The smallest absolute Gasteiger partial charge is 0.258 e. The van der Waals surface area contributed by atoms with E-state index in [1.165, 1.54) is 17.5 Å². The minimum absolute atomic E-state index is 0.138. The van der Waals surface area contributed by atoms with Gasteiger partial charge in [0.2, 0.25) is 5.88 Å². The van der Waals surface area contributed by atoms with Crippen LogP contribution in [0.5, 0.6) is 5.88 Å². The second-order valence-electron chi connectivity index (χ2n) is 6.30. The third-order valence-corrected chi connectivity index (χ3v) is 4.44. The van der Waals surface area contributed by atoms with E-state index in [9.17, 15) is 4.79 Å². The first kappa shape index (κ1) is 14.7. The summed E-state index contributed by atoms with van der Waals surface area (Å²) in [5, 5.41) is 0. The number of nitrogens with one attached hydrogen (secondary N) is 1. The van der Waals surface area contributed by atoms with E-state index >= 15 is 0 Å². The lowest BCUT2D eigenvalue weighted by Gasteiger charge is -2.20. The monoisotopic (exact) mass is 318 g/mol. The van der Waals surface area contributed by atoms with E-state index in [0.717, 1.165) is 11.1 Å². The summed E-state index contributed by atoms with van der Waals surface area (Å²) in [6, 6.07) is 16.4.